The molecule has 0 aromatic heterocycles. The molecule has 12 heavy (non-hydrogen) atoms. The van der Waals surface area contributed by atoms with E-state index < -0.39 is 0 Å². The quantitative estimate of drug-likeness (QED) is 0.498. The molecule has 0 spiro atoms. The highest BCUT2D eigenvalue weighted by Crippen LogP contribution is 1.89. The van der Waals surface area contributed by atoms with E-state index in [2.05, 4.69) is 24.5 Å². The van der Waals surface area contributed by atoms with Gasteiger partial charge in [-0.3, -0.25) is 10.6 Å². The second kappa shape index (κ2) is 7.53. The van der Waals surface area contributed by atoms with Crippen LogP contribution in [-0.4, -0.2) is 30.5 Å². The van der Waals surface area contributed by atoms with Gasteiger partial charge in [-0.05, 0) is 32.9 Å². The van der Waals surface area contributed by atoms with E-state index in [1.54, 1.807) is 6.92 Å². The van der Waals surface area contributed by atoms with Crippen molar-refractivity contribution in [1.82, 2.24) is 10.6 Å². The zero-order chi connectivity index (χ0) is 9.40. The van der Waals surface area contributed by atoms with E-state index in [0.29, 0.717) is 0 Å². The molecule has 0 aromatic rings. The molecule has 0 aliphatic rings. The highest BCUT2D eigenvalue weighted by atomic mass is 16.3. The third-order valence-electron chi connectivity index (χ3n) is 1.71. The molecule has 74 valence electrons. The third-order valence-corrected chi connectivity index (χ3v) is 1.71. The summed E-state index contributed by atoms with van der Waals surface area (Å²) in [6, 6.07) is 0. The lowest BCUT2D eigenvalue weighted by Crippen LogP contribution is -2.49. The fourth-order valence-electron chi connectivity index (χ4n) is 1.01. The fourth-order valence-corrected chi connectivity index (χ4v) is 1.01. The van der Waals surface area contributed by atoms with Crippen LogP contribution < -0.4 is 10.6 Å². The molecule has 0 heterocycles. The lowest BCUT2D eigenvalue weighted by Gasteiger charge is -2.22. The molecule has 0 bridgehead atoms. The first-order chi connectivity index (χ1) is 5.72. The lowest BCUT2D eigenvalue weighted by molar-refractivity contribution is 0.127. The van der Waals surface area contributed by atoms with Crippen LogP contribution in [0.25, 0.3) is 0 Å². The molecule has 0 rings (SSSR count). The average Bonchev–Trinajstić information content (AvgIpc) is 2.04. The minimum absolute atomic E-state index is 0.0462. The first-order valence-electron chi connectivity index (χ1n) is 4.87. The van der Waals surface area contributed by atoms with E-state index in [1.807, 2.05) is 0 Å². The van der Waals surface area contributed by atoms with Crippen LogP contribution in [0.4, 0.5) is 0 Å². The van der Waals surface area contributed by atoms with Gasteiger partial charge >= 0.3 is 0 Å². The Hall–Kier alpha value is -0.120. The molecule has 3 N–H and O–H groups in total. The van der Waals surface area contributed by atoms with Crippen molar-refractivity contribution in [1.29, 1.82) is 0 Å². The molecule has 1 atom stereocenters. The van der Waals surface area contributed by atoms with Gasteiger partial charge in [0.15, 0.2) is 0 Å². The maximum absolute atomic E-state index is 9.34. The summed E-state index contributed by atoms with van der Waals surface area (Å²) in [7, 11) is 0. The molecular formula is C9H22N2O. The topological polar surface area (TPSA) is 44.3 Å². The van der Waals surface area contributed by atoms with Crippen LogP contribution in [0.15, 0.2) is 0 Å². The summed E-state index contributed by atoms with van der Waals surface area (Å²) in [5.74, 6) is 0. The monoisotopic (exact) mass is 174 g/mol. The van der Waals surface area contributed by atoms with Gasteiger partial charge in [-0.25, -0.2) is 0 Å². The maximum Gasteiger partial charge on any atom is 0.0836 e. The summed E-state index contributed by atoms with van der Waals surface area (Å²) in [5.41, 5.74) is 0. The predicted molar refractivity (Wildman–Crippen MR) is 52.1 cm³/mol. The van der Waals surface area contributed by atoms with Gasteiger partial charge < -0.3 is 5.11 Å². The fraction of sp³-hybridized carbons (Fsp3) is 1.00. The Balaban J connectivity index is 3.55. The summed E-state index contributed by atoms with van der Waals surface area (Å²) in [5, 5.41) is 15.8. The second-order valence-electron chi connectivity index (χ2n) is 3.13. The Labute approximate surface area is 75.6 Å². The number of hydrogen-bond donors (Lipinski definition) is 3. The Kier molecular flexibility index (Phi) is 7.45. The van der Waals surface area contributed by atoms with E-state index in [4.69, 9.17) is 0 Å². The molecule has 0 amide bonds. The lowest BCUT2D eigenvalue weighted by atomic mass is 10.3. The molecule has 0 fully saturated rings. The molecule has 3 heteroatoms. The van der Waals surface area contributed by atoms with Gasteiger partial charge in [-0.1, -0.05) is 13.8 Å². The van der Waals surface area contributed by atoms with Crippen molar-refractivity contribution >= 4 is 0 Å². The normalized spacial score (nSPS) is 13.8. The number of rotatable bonds is 7. The molecule has 0 saturated carbocycles. The zero-order valence-electron chi connectivity index (χ0n) is 8.43. The van der Waals surface area contributed by atoms with Gasteiger partial charge in [0.25, 0.3) is 0 Å². The minimum atomic E-state index is -0.330. The van der Waals surface area contributed by atoms with Crippen molar-refractivity contribution in [3.63, 3.8) is 0 Å². The van der Waals surface area contributed by atoms with Crippen LogP contribution >= 0.6 is 0 Å². The van der Waals surface area contributed by atoms with Gasteiger partial charge in [-0.15, -0.1) is 0 Å². The van der Waals surface area contributed by atoms with Crippen molar-refractivity contribution in [2.24, 2.45) is 0 Å². The van der Waals surface area contributed by atoms with E-state index in [9.17, 15) is 5.11 Å². The van der Waals surface area contributed by atoms with E-state index in [-0.39, 0.29) is 12.3 Å². The number of nitrogens with one attached hydrogen (secondary N) is 2. The molecule has 0 aliphatic heterocycles. The van der Waals surface area contributed by atoms with Crippen LogP contribution in [0.5, 0.6) is 0 Å². The van der Waals surface area contributed by atoms with E-state index in [0.717, 1.165) is 25.9 Å². The Bertz CT molecular complexity index is 88.5. The van der Waals surface area contributed by atoms with E-state index >= 15 is 0 Å². The standard InChI is InChI=1S/C9H22N2O/c1-4-6-10-9(8(3)12)11-7-5-2/h8-12H,4-7H2,1-3H3. The molecular weight excluding hydrogens is 152 g/mol. The summed E-state index contributed by atoms with van der Waals surface area (Å²) in [4.78, 5) is 0. The Morgan fingerprint density at radius 1 is 1.08 bits per heavy atom. The van der Waals surface area contributed by atoms with Crippen LogP contribution in [0.3, 0.4) is 0 Å². The predicted octanol–water partition coefficient (Wildman–Crippen LogP) is 0.692. The highest BCUT2D eigenvalue weighted by molar-refractivity contribution is 4.68. The van der Waals surface area contributed by atoms with Crippen molar-refractivity contribution in [3.05, 3.63) is 0 Å². The third kappa shape index (κ3) is 5.52. The molecule has 0 radical (unpaired) electrons. The van der Waals surface area contributed by atoms with Crippen LogP contribution in [-0.2, 0) is 0 Å². The van der Waals surface area contributed by atoms with Gasteiger partial charge in [0.1, 0.15) is 0 Å². The average molecular weight is 174 g/mol. The van der Waals surface area contributed by atoms with Crippen molar-refractivity contribution in [2.45, 2.75) is 45.9 Å². The van der Waals surface area contributed by atoms with Gasteiger partial charge in [-0.2, -0.15) is 0 Å². The largest absolute Gasteiger partial charge is 0.390 e. The number of aliphatic hydroxyl groups excluding tert-OH is 1. The summed E-state index contributed by atoms with van der Waals surface area (Å²) >= 11 is 0. The van der Waals surface area contributed by atoms with Crippen LogP contribution in [0.2, 0.25) is 0 Å². The maximum atomic E-state index is 9.34. The summed E-state index contributed by atoms with van der Waals surface area (Å²) in [6.45, 7) is 7.94. The smallest absolute Gasteiger partial charge is 0.0836 e. The van der Waals surface area contributed by atoms with Gasteiger partial charge in [0.2, 0.25) is 0 Å². The van der Waals surface area contributed by atoms with Crippen LogP contribution in [0, 0.1) is 0 Å². The zero-order valence-corrected chi connectivity index (χ0v) is 8.43. The second-order valence-corrected chi connectivity index (χ2v) is 3.13. The van der Waals surface area contributed by atoms with Gasteiger partial charge in [0.05, 0.1) is 12.3 Å². The molecule has 3 nitrogen and oxygen atoms in total. The SMILES string of the molecule is CCCNC(NCCC)C(C)O. The Morgan fingerprint density at radius 2 is 1.50 bits per heavy atom. The molecule has 0 aliphatic carbocycles. The van der Waals surface area contributed by atoms with Crippen molar-refractivity contribution in [2.75, 3.05) is 13.1 Å². The summed E-state index contributed by atoms with van der Waals surface area (Å²) < 4.78 is 0. The van der Waals surface area contributed by atoms with Crippen molar-refractivity contribution in [3.8, 4) is 0 Å². The molecule has 0 saturated heterocycles. The minimum Gasteiger partial charge on any atom is -0.390 e. The number of hydrogen-bond acceptors (Lipinski definition) is 3. The molecule has 0 aromatic carbocycles. The first-order valence-corrected chi connectivity index (χ1v) is 4.87. The van der Waals surface area contributed by atoms with Crippen molar-refractivity contribution < 1.29 is 5.11 Å². The Morgan fingerprint density at radius 3 is 1.75 bits per heavy atom. The van der Waals surface area contributed by atoms with E-state index in [1.165, 1.54) is 0 Å². The van der Waals surface area contributed by atoms with Gasteiger partial charge in [0, 0.05) is 0 Å². The number of aliphatic hydroxyl groups is 1. The highest BCUT2D eigenvalue weighted by Gasteiger charge is 2.11. The van der Waals surface area contributed by atoms with Crippen LogP contribution in [0.1, 0.15) is 33.6 Å². The molecule has 1 unspecified atom stereocenters. The summed E-state index contributed by atoms with van der Waals surface area (Å²) in [6.07, 6.45) is 1.90. The first kappa shape index (κ1) is 11.9.